The zero-order valence-electron chi connectivity index (χ0n) is 7.03. The lowest BCUT2D eigenvalue weighted by atomic mass is 10.3. The van der Waals surface area contributed by atoms with Crippen molar-refractivity contribution in [3.05, 3.63) is 18.5 Å². The summed E-state index contributed by atoms with van der Waals surface area (Å²) in [6.07, 6.45) is 6.13. The molecular formula is C9H13N3. The fourth-order valence-corrected chi connectivity index (χ4v) is 1.59. The highest BCUT2D eigenvalue weighted by Crippen LogP contribution is 2.20. The van der Waals surface area contributed by atoms with Crippen molar-refractivity contribution in [2.45, 2.75) is 12.8 Å². The van der Waals surface area contributed by atoms with E-state index in [1.54, 1.807) is 6.20 Å². The Morgan fingerprint density at radius 3 is 2.67 bits per heavy atom. The minimum absolute atomic E-state index is 0.749. The molecule has 0 amide bonds. The van der Waals surface area contributed by atoms with Crippen LogP contribution >= 0.6 is 0 Å². The molecule has 0 spiro atoms. The van der Waals surface area contributed by atoms with Crippen molar-refractivity contribution in [1.29, 1.82) is 0 Å². The quantitative estimate of drug-likeness (QED) is 0.677. The molecule has 0 aromatic carbocycles. The summed E-state index contributed by atoms with van der Waals surface area (Å²) in [5.41, 5.74) is 7.55. The number of hydrogen-bond donors (Lipinski definition) is 1. The summed E-state index contributed by atoms with van der Waals surface area (Å²) in [5, 5.41) is 0. The number of nitrogens with two attached hydrogens (primary N) is 1. The molecule has 1 aliphatic rings. The van der Waals surface area contributed by atoms with E-state index < -0.39 is 0 Å². The van der Waals surface area contributed by atoms with Crippen LogP contribution in [0.3, 0.4) is 0 Å². The minimum atomic E-state index is 0.749. The van der Waals surface area contributed by atoms with Crippen molar-refractivity contribution >= 4 is 11.4 Å². The van der Waals surface area contributed by atoms with Gasteiger partial charge in [-0.05, 0) is 18.9 Å². The van der Waals surface area contributed by atoms with Crippen LogP contribution in [0.5, 0.6) is 0 Å². The number of aromatic nitrogens is 1. The molecule has 12 heavy (non-hydrogen) atoms. The van der Waals surface area contributed by atoms with Crippen molar-refractivity contribution in [1.82, 2.24) is 4.98 Å². The highest BCUT2D eigenvalue weighted by molar-refractivity contribution is 5.53. The Hall–Kier alpha value is -1.25. The topological polar surface area (TPSA) is 42.1 Å². The number of nitrogens with zero attached hydrogens (tertiary/aromatic N) is 2. The van der Waals surface area contributed by atoms with E-state index in [2.05, 4.69) is 9.88 Å². The van der Waals surface area contributed by atoms with Crippen LogP contribution in [0.1, 0.15) is 12.8 Å². The summed E-state index contributed by atoms with van der Waals surface area (Å²) < 4.78 is 0. The van der Waals surface area contributed by atoms with Gasteiger partial charge in [0.05, 0.1) is 17.6 Å². The summed E-state index contributed by atoms with van der Waals surface area (Å²) in [7, 11) is 0. The van der Waals surface area contributed by atoms with Gasteiger partial charge in [0.15, 0.2) is 0 Å². The number of rotatable bonds is 1. The molecule has 3 nitrogen and oxygen atoms in total. The van der Waals surface area contributed by atoms with Gasteiger partial charge in [0.1, 0.15) is 0 Å². The molecule has 2 heterocycles. The highest BCUT2D eigenvalue weighted by Gasteiger charge is 2.11. The summed E-state index contributed by atoms with van der Waals surface area (Å²) in [6, 6.07) is 1.98. The number of hydrogen-bond acceptors (Lipinski definition) is 3. The van der Waals surface area contributed by atoms with Crippen LogP contribution < -0.4 is 10.6 Å². The second kappa shape index (κ2) is 3.01. The Labute approximate surface area is 72.2 Å². The third-order valence-corrected chi connectivity index (χ3v) is 2.22. The third-order valence-electron chi connectivity index (χ3n) is 2.22. The lowest BCUT2D eigenvalue weighted by Gasteiger charge is -2.16. The average Bonchev–Trinajstić information content (AvgIpc) is 2.56. The summed E-state index contributed by atoms with van der Waals surface area (Å²) >= 11 is 0. The first-order valence-electron chi connectivity index (χ1n) is 4.32. The Kier molecular flexibility index (Phi) is 1.86. The summed E-state index contributed by atoms with van der Waals surface area (Å²) in [4.78, 5) is 6.38. The Morgan fingerprint density at radius 2 is 2.00 bits per heavy atom. The third kappa shape index (κ3) is 1.35. The SMILES string of the molecule is Nc1cncc(N2CCCC2)c1. The fraction of sp³-hybridized carbons (Fsp3) is 0.444. The number of anilines is 2. The Balaban J connectivity index is 2.21. The first-order chi connectivity index (χ1) is 5.86. The van der Waals surface area contributed by atoms with E-state index in [-0.39, 0.29) is 0 Å². The second-order valence-electron chi connectivity index (χ2n) is 3.17. The molecule has 64 valence electrons. The lowest BCUT2D eigenvalue weighted by Crippen LogP contribution is -2.17. The van der Waals surface area contributed by atoms with Gasteiger partial charge in [-0.25, -0.2) is 0 Å². The van der Waals surface area contributed by atoms with Gasteiger partial charge >= 0.3 is 0 Å². The molecule has 1 saturated heterocycles. The lowest BCUT2D eigenvalue weighted by molar-refractivity contribution is 0.949. The molecule has 0 bridgehead atoms. The van der Waals surface area contributed by atoms with Gasteiger partial charge in [0.25, 0.3) is 0 Å². The molecule has 1 fully saturated rings. The fourth-order valence-electron chi connectivity index (χ4n) is 1.59. The van der Waals surface area contributed by atoms with Crippen LogP contribution in [-0.4, -0.2) is 18.1 Å². The van der Waals surface area contributed by atoms with E-state index in [4.69, 9.17) is 5.73 Å². The Bertz CT molecular complexity index is 266. The maximum atomic E-state index is 5.64. The molecule has 0 radical (unpaired) electrons. The minimum Gasteiger partial charge on any atom is -0.397 e. The Morgan fingerprint density at radius 1 is 1.25 bits per heavy atom. The van der Waals surface area contributed by atoms with E-state index in [0.717, 1.165) is 24.5 Å². The van der Waals surface area contributed by atoms with E-state index >= 15 is 0 Å². The van der Waals surface area contributed by atoms with Gasteiger partial charge in [-0.15, -0.1) is 0 Å². The summed E-state index contributed by atoms with van der Waals surface area (Å²) in [5.74, 6) is 0. The average molecular weight is 163 g/mol. The van der Waals surface area contributed by atoms with E-state index in [1.165, 1.54) is 12.8 Å². The number of pyridine rings is 1. The van der Waals surface area contributed by atoms with Crippen molar-refractivity contribution in [2.75, 3.05) is 23.7 Å². The normalized spacial score (nSPS) is 16.8. The predicted molar refractivity (Wildman–Crippen MR) is 50.1 cm³/mol. The van der Waals surface area contributed by atoms with Crippen LogP contribution in [-0.2, 0) is 0 Å². The van der Waals surface area contributed by atoms with E-state index in [9.17, 15) is 0 Å². The van der Waals surface area contributed by atoms with E-state index in [1.807, 2.05) is 12.3 Å². The van der Waals surface area contributed by atoms with Crippen LogP contribution in [0, 0.1) is 0 Å². The molecule has 0 unspecified atom stereocenters. The molecule has 2 rings (SSSR count). The van der Waals surface area contributed by atoms with Gasteiger partial charge in [-0.1, -0.05) is 0 Å². The molecular weight excluding hydrogens is 150 g/mol. The van der Waals surface area contributed by atoms with Crippen LogP contribution in [0.15, 0.2) is 18.5 Å². The first-order valence-corrected chi connectivity index (χ1v) is 4.32. The second-order valence-corrected chi connectivity index (χ2v) is 3.17. The number of nitrogen functional groups attached to an aromatic ring is 1. The molecule has 1 aromatic heterocycles. The van der Waals surface area contributed by atoms with Gasteiger partial charge in [0, 0.05) is 19.3 Å². The molecule has 3 heteroatoms. The van der Waals surface area contributed by atoms with Crippen molar-refractivity contribution < 1.29 is 0 Å². The zero-order valence-corrected chi connectivity index (χ0v) is 7.03. The summed E-state index contributed by atoms with van der Waals surface area (Å²) in [6.45, 7) is 2.29. The molecule has 0 saturated carbocycles. The molecule has 0 aliphatic carbocycles. The van der Waals surface area contributed by atoms with Gasteiger partial charge in [-0.3, -0.25) is 4.98 Å². The molecule has 0 atom stereocenters. The monoisotopic (exact) mass is 163 g/mol. The van der Waals surface area contributed by atoms with Crippen LogP contribution in [0.25, 0.3) is 0 Å². The van der Waals surface area contributed by atoms with Crippen LogP contribution in [0.4, 0.5) is 11.4 Å². The maximum absolute atomic E-state index is 5.64. The van der Waals surface area contributed by atoms with Crippen molar-refractivity contribution in [2.24, 2.45) is 0 Å². The zero-order chi connectivity index (χ0) is 8.39. The highest BCUT2D eigenvalue weighted by atomic mass is 15.1. The molecule has 1 aliphatic heterocycles. The molecule has 1 aromatic rings. The maximum Gasteiger partial charge on any atom is 0.0573 e. The van der Waals surface area contributed by atoms with Crippen molar-refractivity contribution in [3.8, 4) is 0 Å². The van der Waals surface area contributed by atoms with Crippen molar-refractivity contribution in [3.63, 3.8) is 0 Å². The van der Waals surface area contributed by atoms with Gasteiger partial charge in [0.2, 0.25) is 0 Å². The predicted octanol–water partition coefficient (Wildman–Crippen LogP) is 1.26. The molecule has 2 N–H and O–H groups in total. The van der Waals surface area contributed by atoms with Gasteiger partial charge in [-0.2, -0.15) is 0 Å². The standard InChI is InChI=1S/C9H13N3/c10-8-5-9(7-11-6-8)12-3-1-2-4-12/h5-7H,1-4,10H2. The van der Waals surface area contributed by atoms with Gasteiger partial charge < -0.3 is 10.6 Å². The smallest absolute Gasteiger partial charge is 0.0573 e. The first kappa shape index (κ1) is 7.40. The van der Waals surface area contributed by atoms with E-state index in [0.29, 0.717) is 0 Å². The van der Waals surface area contributed by atoms with Crippen LogP contribution in [0.2, 0.25) is 0 Å². The largest absolute Gasteiger partial charge is 0.397 e.